The molecule has 6 nitrogen and oxygen atoms in total. The van der Waals surface area contributed by atoms with E-state index in [-0.39, 0.29) is 30.3 Å². The van der Waals surface area contributed by atoms with Crippen LogP contribution in [0.25, 0.3) is 0 Å². The Labute approximate surface area is 131 Å². The van der Waals surface area contributed by atoms with Crippen molar-refractivity contribution in [3.63, 3.8) is 0 Å². The first-order valence-corrected chi connectivity index (χ1v) is 8.28. The van der Waals surface area contributed by atoms with Crippen molar-refractivity contribution < 1.29 is 19.1 Å². The van der Waals surface area contributed by atoms with Crippen LogP contribution in [0.1, 0.15) is 45.4 Å². The molecule has 0 spiro atoms. The van der Waals surface area contributed by atoms with Gasteiger partial charge in [0.1, 0.15) is 0 Å². The van der Waals surface area contributed by atoms with Gasteiger partial charge in [-0.25, -0.2) is 0 Å². The Kier molecular flexibility index (Phi) is 6.21. The zero-order valence-electron chi connectivity index (χ0n) is 13.4. The molecule has 1 unspecified atom stereocenters. The molecule has 0 radical (unpaired) electrons. The molecule has 2 aliphatic heterocycles. The molecule has 124 valence electrons. The monoisotopic (exact) mass is 310 g/mol. The molecule has 22 heavy (non-hydrogen) atoms. The van der Waals surface area contributed by atoms with E-state index in [1.165, 1.54) is 6.92 Å². The lowest BCUT2D eigenvalue weighted by atomic mass is 9.98. The summed E-state index contributed by atoms with van der Waals surface area (Å²) in [5.74, 6) is -0.767. The summed E-state index contributed by atoms with van der Waals surface area (Å²) < 4.78 is 5.20. The Bertz CT molecular complexity index is 416. The largest absolute Gasteiger partial charge is 0.455 e. The van der Waals surface area contributed by atoms with Crippen molar-refractivity contribution in [1.82, 2.24) is 9.80 Å². The second-order valence-electron chi connectivity index (χ2n) is 6.21. The number of hydrogen-bond donors (Lipinski definition) is 0. The minimum atomic E-state index is -0.353. The molecule has 0 aromatic carbocycles. The zero-order chi connectivity index (χ0) is 15.9. The number of ether oxygens (including phenoxy) is 1. The van der Waals surface area contributed by atoms with Crippen LogP contribution < -0.4 is 0 Å². The lowest BCUT2D eigenvalue weighted by molar-refractivity contribution is -0.157. The highest BCUT2D eigenvalue weighted by Crippen LogP contribution is 2.18. The van der Waals surface area contributed by atoms with Gasteiger partial charge in [-0.3, -0.25) is 14.4 Å². The highest BCUT2D eigenvalue weighted by Gasteiger charge is 2.29. The van der Waals surface area contributed by atoms with Crippen LogP contribution in [0.15, 0.2) is 0 Å². The molecule has 2 rings (SSSR count). The molecular weight excluding hydrogens is 284 g/mol. The molecule has 0 aromatic heterocycles. The third-order valence-electron chi connectivity index (χ3n) is 4.50. The van der Waals surface area contributed by atoms with Crippen LogP contribution in [0.2, 0.25) is 0 Å². The summed E-state index contributed by atoms with van der Waals surface area (Å²) in [6.45, 7) is 3.97. The Morgan fingerprint density at radius 2 is 1.59 bits per heavy atom. The van der Waals surface area contributed by atoms with E-state index in [4.69, 9.17) is 4.74 Å². The van der Waals surface area contributed by atoms with Crippen molar-refractivity contribution in [2.45, 2.75) is 45.4 Å². The van der Waals surface area contributed by atoms with E-state index in [2.05, 4.69) is 0 Å². The highest BCUT2D eigenvalue weighted by molar-refractivity contribution is 5.82. The lowest BCUT2D eigenvalue weighted by Gasteiger charge is -2.30. The number of carbonyl (C=O) groups excluding carboxylic acids is 3. The van der Waals surface area contributed by atoms with Crippen molar-refractivity contribution in [3.05, 3.63) is 0 Å². The number of likely N-dealkylation sites (tertiary alicyclic amines) is 2. The van der Waals surface area contributed by atoms with Gasteiger partial charge >= 0.3 is 5.97 Å². The predicted molar refractivity (Wildman–Crippen MR) is 81.0 cm³/mol. The maximum absolute atomic E-state index is 12.1. The summed E-state index contributed by atoms with van der Waals surface area (Å²) in [5.41, 5.74) is 0. The normalized spacial score (nSPS) is 22.9. The molecular formula is C16H26N2O4. The third kappa shape index (κ3) is 4.71. The van der Waals surface area contributed by atoms with Gasteiger partial charge in [-0.15, -0.1) is 0 Å². The fourth-order valence-corrected chi connectivity index (χ4v) is 3.12. The summed E-state index contributed by atoms with van der Waals surface area (Å²) >= 11 is 0. The molecule has 2 aliphatic rings. The van der Waals surface area contributed by atoms with Crippen LogP contribution in [-0.2, 0) is 19.1 Å². The van der Waals surface area contributed by atoms with Crippen molar-refractivity contribution in [2.24, 2.45) is 5.92 Å². The Hall–Kier alpha value is -1.59. The van der Waals surface area contributed by atoms with Crippen molar-refractivity contribution in [2.75, 3.05) is 32.8 Å². The minimum Gasteiger partial charge on any atom is -0.455 e. The van der Waals surface area contributed by atoms with Crippen LogP contribution in [-0.4, -0.2) is 60.4 Å². The lowest BCUT2D eigenvalue weighted by Crippen LogP contribution is -2.42. The van der Waals surface area contributed by atoms with E-state index in [1.807, 2.05) is 0 Å². The molecule has 0 N–H and O–H groups in total. The van der Waals surface area contributed by atoms with Gasteiger partial charge in [0.05, 0.1) is 5.92 Å². The Morgan fingerprint density at radius 3 is 2.23 bits per heavy atom. The number of esters is 1. The summed E-state index contributed by atoms with van der Waals surface area (Å²) in [6.07, 6.45) is 5.89. The van der Waals surface area contributed by atoms with Gasteiger partial charge in [0.25, 0.3) is 5.91 Å². The van der Waals surface area contributed by atoms with Crippen molar-refractivity contribution >= 4 is 17.8 Å². The van der Waals surface area contributed by atoms with Gasteiger partial charge in [-0.2, -0.15) is 0 Å². The van der Waals surface area contributed by atoms with Crippen molar-refractivity contribution in [1.29, 1.82) is 0 Å². The topological polar surface area (TPSA) is 66.9 Å². The van der Waals surface area contributed by atoms with Gasteiger partial charge < -0.3 is 14.5 Å². The van der Waals surface area contributed by atoms with E-state index in [0.29, 0.717) is 13.1 Å². The van der Waals surface area contributed by atoms with Crippen LogP contribution in [0.4, 0.5) is 0 Å². The van der Waals surface area contributed by atoms with E-state index in [0.717, 1.165) is 51.6 Å². The van der Waals surface area contributed by atoms with Crippen LogP contribution in [0.3, 0.4) is 0 Å². The number of nitrogens with zero attached hydrogens (tertiary/aromatic N) is 2. The molecule has 0 bridgehead atoms. The Morgan fingerprint density at radius 1 is 0.955 bits per heavy atom. The smallest absolute Gasteiger partial charge is 0.311 e. The SMILES string of the molecule is CC(=O)N1CCCC(C(=O)OCC(=O)N2CCCCCC2)C1. The quantitative estimate of drug-likeness (QED) is 0.734. The number of piperidine rings is 1. The van der Waals surface area contributed by atoms with Gasteiger partial charge in [0.15, 0.2) is 6.61 Å². The maximum Gasteiger partial charge on any atom is 0.311 e. The first-order chi connectivity index (χ1) is 10.6. The van der Waals surface area contributed by atoms with E-state index in [9.17, 15) is 14.4 Å². The van der Waals surface area contributed by atoms with Crippen LogP contribution >= 0.6 is 0 Å². The van der Waals surface area contributed by atoms with E-state index >= 15 is 0 Å². The van der Waals surface area contributed by atoms with Crippen molar-refractivity contribution in [3.8, 4) is 0 Å². The predicted octanol–water partition coefficient (Wildman–Crippen LogP) is 1.19. The fraction of sp³-hybridized carbons (Fsp3) is 0.812. The van der Waals surface area contributed by atoms with Gasteiger partial charge in [-0.05, 0) is 25.7 Å². The average Bonchev–Trinajstić information content (AvgIpc) is 2.81. The van der Waals surface area contributed by atoms with Crippen LogP contribution in [0, 0.1) is 5.92 Å². The second kappa shape index (κ2) is 8.15. The molecule has 0 saturated carbocycles. The summed E-state index contributed by atoms with van der Waals surface area (Å²) in [4.78, 5) is 39.0. The third-order valence-corrected chi connectivity index (χ3v) is 4.50. The van der Waals surface area contributed by atoms with E-state index in [1.54, 1.807) is 9.80 Å². The van der Waals surface area contributed by atoms with Gasteiger partial charge in [0.2, 0.25) is 5.91 Å². The van der Waals surface area contributed by atoms with Crippen LogP contribution in [0.5, 0.6) is 0 Å². The summed E-state index contributed by atoms with van der Waals surface area (Å²) in [7, 11) is 0. The molecule has 2 amide bonds. The molecule has 1 atom stereocenters. The standard InChI is InChI=1S/C16H26N2O4/c1-13(19)18-10-6-7-14(11-18)16(21)22-12-15(20)17-8-4-2-3-5-9-17/h14H,2-12H2,1H3. The first-order valence-electron chi connectivity index (χ1n) is 8.28. The van der Waals surface area contributed by atoms with Gasteiger partial charge in [-0.1, -0.05) is 12.8 Å². The average molecular weight is 310 g/mol. The van der Waals surface area contributed by atoms with Gasteiger partial charge in [0, 0.05) is 33.1 Å². The minimum absolute atomic E-state index is 0.0156. The maximum atomic E-state index is 12.1. The number of amides is 2. The molecule has 2 heterocycles. The summed E-state index contributed by atoms with van der Waals surface area (Å²) in [6, 6.07) is 0. The van der Waals surface area contributed by atoms with E-state index < -0.39 is 0 Å². The fourth-order valence-electron chi connectivity index (χ4n) is 3.12. The summed E-state index contributed by atoms with van der Waals surface area (Å²) in [5, 5.41) is 0. The zero-order valence-corrected chi connectivity index (χ0v) is 13.4. The molecule has 2 saturated heterocycles. The second-order valence-corrected chi connectivity index (χ2v) is 6.21. The number of carbonyl (C=O) groups is 3. The highest BCUT2D eigenvalue weighted by atomic mass is 16.5. The molecule has 6 heteroatoms. The molecule has 0 aromatic rings. The molecule has 2 fully saturated rings. The number of hydrogen-bond acceptors (Lipinski definition) is 4. The Balaban J connectivity index is 1.76. The number of rotatable bonds is 3. The first kappa shape index (κ1) is 16.8. The molecule has 0 aliphatic carbocycles.